The molecule has 2 N–H and O–H groups in total. The van der Waals surface area contributed by atoms with Crippen molar-refractivity contribution in [1.82, 2.24) is 10.2 Å². The van der Waals surface area contributed by atoms with Gasteiger partial charge in [-0.3, -0.25) is 14.4 Å². The minimum atomic E-state index is -1.08. The largest absolute Gasteiger partial charge is 0.483 e. The van der Waals surface area contributed by atoms with E-state index in [9.17, 15) is 14.4 Å². The summed E-state index contributed by atoms with van der Waals surface area (Å²) in [7, 11) is 0. The van der Waals surface area contributed by atoms with Crippen LogP contribution in [0.15, 0.2) is 30.9 Å². The van der Waals surface area contributed by atoms with Gasteiger partial charge in [0, 0.05) is 29.3 Å². The first-order valence-electron chi connectivity index (χ1n) is 11.6. The molecule has 0 radical (unpaired) electrons. The first-order valence-corrected chi connectivity index (χ1v) is 11.6. The topological polar surface area (TPSA) is 87.7 Å². The molecule has 1 aromatic rings. The number of nitrogens with zero attached hydrogens (tertiary/aromatic N) is 1. The molecule has 4 heterocycles. The second kappa shape index (κ2) is 6.95. The zero-order valence-electron chi connectivity index (χ0n) is 19.7. The van der Waals surface area contributed by atoms with Gasteiger partial charge in [-0.2, -0.15) is 0 Å². The van der Waals surface area contributed by atoms with Gasteiger partial charge in [-0.1, -0.05) is 26.0 Å². The van der Waals surface area contributed by atoms with Gasteiger partial charge in [-0.15, -0.1) is 6.58 Å². The third-order valence-corrected chi connectivity index (χ3v) is 7.86. The third kappa shape index (κ3) is 3.05. The lowest BCUT2D eigenvalue weighted by Gasteiger charge is -2.45. The molecule has 33 heavy (non-hydrogen) atoms. The molecule has 4 aliphatic heterocycles. The molecule has 0 spiro atoms. The molecule has 174 valence electrons. The molecule has 0 unspecified atom stereocenters. The lowest BCUT2D eigenvalue weighted by Crippen LogP contribution is -2.63. The van der Waals surface area contributed by atoms with Gasteiger partial charge in [0.05, 0.1) is 5.41 Å². The van der Waals surface area contributed by atoms with Crippen LogP contribution in [0.1, 0.15) is 58.1 Å². The molecule has 2 fully saturated rings. The van der Waals surface area contributed by atoms with Crippen molar-refractivity contribution >= 4 is 29.5 Å². The fraction of sp³-hybridized carbons (Fsp3) is 0.500. The van der Waals surface area contributed by atoms with E-state index in [1.165, 1.54) is 0 Å². The number of anilines is 1. The molecule has 7 nitrogen and oxygen atoms in total. The van der Waals surface area contributed by atoms with E-state index in [1.54, 1.807) is 11.0 Å². The highest BCUT2D eigenvalue weighted by Gasteiger charge is 2.58. The summed E-state index contributed by atoms with van der Waals surface area (Å²) in [6.07, 6.45) is 7.43. The molecule has 1 aromatic carbocycles. The first kappa shape index (κ1) is 21.7. The number of benzene rings is 1. The number of fused-ring (bicyclic) bond motifs is 3. The SMILES string of the molecule is C=CC(C)(C)[C@@]1(C[C@@H]2NC(=O)[C@@H]3CCCN3C2=O)C(=O)Nc2cc3c(cc21)C=CC(C)(C)O3. The van der Waals surface area contributed by atoms with E-state index in [2.05, 4.69) is 17.2 Å². The minimum Gasteiger partial charge on any atom is -0.483 e. The van der Waals surface area contributed by atoms with Crippen molar-refractivity contribution in [3.8, 4) is 5.75 Å². The molecule has 0 aliphatic carbocycles. The Morgan fingerprint density at radius 1 is 1.27 bits per heavy atom. The molecular weight excluding hydrogens is 418 g/mol. The highest BCUT2D eigenvalue weighted by molar-refractivity contribution is 6.08. The number of hydrogen-bond acceptors (Lipinski definition) is 4. The number of carbonyl (C=O) groups is 3. The standard InChI is InChI=1S/C26H31N3O4/c1-6-24(2,3)26(14-18-22(31)29-11-7-8-19(29)21(30)27-18)16-12-15-9-10-25(4,5)33-20(15)13-17(16)28-23(26)32/h6,9-10,12-13,18-19H,1,7-8,11,14H2,2-5H3,(H,27,30)(H,28,32)/t18-,19-,26+/m0/s1. The van der Waals surface area contributed by atoms with E-state index in [4.69, 9.17) is 4.74 Å². The number of amides is 3. The van der Waals surface area contributed by atoms with E-state index in [0.717, 1.165) is 17.5 Å². The number of hydrogen-bond donors (Lipinski definition) is 2. The molecular formula is C26H31N3O4. The number of rotatable bonds is 4. The van der Waals surface area contributed by atoms with E-state index in [1.807, 2.05) is 52.0 Å². The van der Waals surface area contributed by atoms with E-state index in [0.29, 0.717) is 24.4 Å². The van der Waals surface area contributed by atoms with Crippen LogP contribution in [0.25, 0.3) is 6.08 Å². The van der Waals surface area contributed by atoms with Crippen LogP contribution in [0, 0.1) is 5.41 Å². The second-order valence-corrected chi connectivity index (χ2v) is 10.7. The number of nitrogens with one attached hydrogen (secondary N) is 2. The predicted octanol–water partition coefficient (Wildman–Crippen LogP) is 3.15. The zero-order chi connectivity index (χ0) is 23.8. The van der Waals surface area contributed by atoms with E-state index < -0.39 is 22.5 Å². The van der Waals surface area contributed by atoms with Gasteiger partial charge in [0.15, 0.2) is 0 Å². The molecule has 2 saturated heterocycles. The quantitative estimate of drug-likeness (QED) is 0.692. The maximum absolute atomic E-state index is 13.7. The molecule has 0 aromatic heterocycles. The summed E-state index contributed by atoms with van der Waals surface area (Å²) < 4.78 is 6.11. The second-order valence-electron chi connectivity index (χ2n) is 10.7. The Morgan fingerprint density at radius 3 is 2.76 bits per heavy atom. The monoisotopic (exact) mass is 449 g/mol. The van der Waals surface area contributed by atoms with Crippen LogP contribution < -0.4 is 15.4 Å². The van der Waals surface area contributed by atoms with Gasteiger partial charge < -0.3 is 20.3 Å². The van der Waals surface area contributed by atoms with Gasteiger partial charge in [0.2, 0.25) is 17.7 Å². The molecule has 7 heteroatoms. The van der Waals surface area contributed by atoms with E-state index in [-0.39, 0.29) is 30.2 Å². The van der Waals surface area contributed by atoms with Crippen LogP contribution in [-0.4, -0.2) is 46.9 Å². The van der Waals surface area contributed by atoms with Crippen LogP contribution >= 0.6 is 0 Å². The number of ether oxygens (including phenoxy) is 1. The van der Waals surface area contributed by atoms with Gasteiger partial charge in [-0.05, 0) is 50.8 Å². The Bertz CT molecular complexity index is 1120. The van der Waals surface area contributed by atoms with Crippen LogP contribution in [0.3, 0.4) is 0 Å². The Labute approximate surface area is 194 Å². The Kier molecular flexibility index (Phi) is 4.58. The number of piperazine rings is 1. The van der Waals surface area contributed by atoms with Crippen molar-refractivity contribution in [3.05, 3.63) is 42.0 Å². The summed E-state index contributed by atoms with van der Waals surface area (Å²) in [5.74, 6) is 0.265. The van der Waals surface area contributed by atoms with Gasteiger partial charge in [0.1, 0.15) is 23.4 Å². The maximum atomic E-state index is 13.7. The van der Waals surface area contributed by atoms with Crippen molar-refractivity contribution in [3.63, 3.8) is 0 Å². The molecule has 3 atom stereocenters. The van der Waals surface area contributed by atoms with Gasteiger partial charge >= 0.3 is 0 Å². The zero-order valence-corrected chi connectivity index (χ0v) is 19.7. The molecule has 4 aliphatic rings. The van der Waals surface area contributed by atoms with E-state index >= 15 is 0 Å². The fourth-order valence-electron chi connectivity index (χ4n) is 5.79. The lowest BCUT2D eigenvalue weighted by molar-refractivity contribution is -0.148. The van der Waals surface area contributed by atoms with Gasteiger partial charge in [0.25, 0.3) is 0 Å². The first-order chi connectivity index (χ1) is 15.5. The Morgan fingerprint density at radius 2 is 2.03 bits per heavy atom. The maximum Gasteiger partial charge on any atom is 0.245 e. The fourth-order valence-corrected chi connectivity index (χ4v) is 5.79. The number of allylic oxidation sites excluding steroid dienone is 1. The van der Waals surface area contributed by atoms with Crippen molar-refractivity contribution in [2.45, 2.75) is 70.1 Å². The summed E-state index contributed by atoms with van der Waals surface area (Å²) in [6.45, 7) is 12.5. The summed E-state index contributed by atoms with van der Waals surface area (Å²) in [5, 5.41) is 5.97. The summed E-state index contributed by atoms with van der Waals surface area (Å²) in [6, 6.07) is 2.68. The van der Waals surface area contributed by atoms with Crippen molar-refractivity contribution < 1.29 is 19.1 Å². The molecule has 0 saturated carbocycles. The van der Waals surface area contributed by atoms with Gasteiger partial charge in [-0.25, -0.2) is 0 Å². The van der Waals surface area contributed by atoms with Crippen molar-refractivity contribution in [1.29, 1.82) is 0 Å². The highest BCUT2D eigenvalue weighted by Crippen LogP contribution is 2.55. The summed E-state index contributed by atoms with van der Waals surface area (Å²) in [4.78, 5) is 41.5. The Hall–Kier alpha value is -3.09. The normalized spacial score (nSPS) is 29.6. The third-order valence-electron chi connectivity index (χ3n) is 7.86. The highest BCUT2D eigenvalue weighted by atomic mass is 16.5. The lowest BCUT2D eigenvalue weighted by atomic mass is 9.59. The number of carbonyl (C=O) groups excluding carboxylic acids is 3. The average Bonchev–Trinajstić information content (AvgIpc) is 3.34. The average molecular weight is 450 g/mol. The van der Waals surface area contributed by atoms with Crippen LogP contribution in [-0.2, 0) is 19.8 Å². The van der Waals surface area contributed by atoms with Crippen LogP contribution in [0.4, 0.5) is 5.69 Å². The molecule has 5 rings (SSSR count). The molecule has 3 amide bonds. The van der Waals surface area contributed by atoms with Crippen molar-refractivity contribution in [2.24, 2.45) is 5.41 Å². The molecule has 0 bridgehead atoms. The van der Waals surface area contributed by atoms with Crippen LogP contribution in [0.5, 0.6) is 5.75 Å². The Balaban J connectivity index is 1.61. The van der Waals surface area contributed by atoms with Crippen molar-refractivity contribution in [2.75, 3.05) is 11.9 Å². The van der Waals surface area contributed by atoms with Crippen LogP contribution in [0.2, 0.25) is 0 Å². The smallest absolute Gasteiger partial charge is 0.245 e. The summed E-state index contributed by atoms with van der Waals surface area (Å²) >= 11 is 0. The predicted molar refractivity (Wildman–Crippen MR) is 126 cm³/mol. The minimum absolute atomic E-state index is 0.111. The summed E-state index contributed by atoms with van der Waals surface area (Å²) in [5.41, 5.74) is 0.143.